The summed E-state index contributed by atoms with van der Waals surface area (Å²) in [6.07, 6.45) is -1.67. The highest BCUT2D eigenvalue weighted by Crippen LogP contribution is 2.57. The van der Waals surface area contributed by atoms with E-state index >= 15 is 0 Å². The summed E-state index contributed by atoms with van der Waals surface area (Å²) in [5, 5.41) is 17.2. The standard InChI is InChI=1S/C21H21BrF3N3O2/c22-14-2-1-3-15(6-14)26-11-19-5-4-16(12(7-19)8-19)17-27-18(30-28-17)13-9-20(29,10-13)21(23,24)25/h1-3,6,13,26,29H,4-5,7-11H2. The van der Waals surface area contributed by atoms with Gasteiger partial charge >= 0.3 is 6.18 Å². The van der Waals surface area contributed by atoms with Crippen LogP contribution in [0.4, 0.5) is 18.9 Å². The van der Waals surface area contributed by atoms with Crippen LogP contribution in [0.1, 0.15) is 56.2 Å². The van der Waals surface area contributed by atoms with Crippen molar-refractivity contribution in [1.82, 2.24) is 10.1 Å². The van der Waals surface area contributed by atoms with E-state index in [1.807, 2.05) is 18.2 Å². The molecule has 1 heterocycles. The number of benzene rings is 1. The van der Waals surface area contributed by atoms with Crippen LogP contribution in [0.15, 0.2) is 38.8 Å². The van der Waals surface area contributed by atoms with E-state index in [1.54, 1.807) is 0 Å². The maximum atomic E-state index is 12.8. The molecule has 0 spiro atoms. The fourth-order valence-electron chi connectivity index (χ4n) is 4.87. The number of nitrogens with zero attached hydrogens (tertiary/aromatic N) is 2. The predicted molar refractivity (Wildman–Crippen MR) is 108 cm³/mol. The molecule has 2 fully saturated rings. The minimum absolute atomic E-state index is 0.194. The van der Waals surface area contributed by atoms with Crippen molar-refractivity contribution in [3.05, 3.63) is 46.0 Å². The lowest BCUT2D eigenvalue weighted by Gasteiger charge is -2.49. The Balaban J connectivity index is 1.22. The van der Waals surface area contributed by atoms with Crippen LogP contribution in [-0.2, 0) is 0 Å². The van der Waals surface area contributed by atoms with Crippen LogP contribution in [-0.4, -0.2) is 33.6 Å². The average Bonchev–Trinajstić information content (AvgIpc) is 3.12. The second-order valence-corrected chi connectivity index (χ2v) is 9.81. The molecule has 6 rings (SSSR count). The summed E-state index contributed by atoms with van der Waals surface area (Å²) in [4.78, 5) is 4.37. The molecule has 4 aliphatic rings. The Labute approximate surface area is 179 Å². The van der Waals surface area contributed by atoms with Gasteiger partial charge in [0.2, 0.25) is 5.89 Å². The number of aromatic nitrogens is 2. The van der Waals surface area contributed by atoms with Gasteiger partial charge in [-0.2, -0.15) is 18.2 Å². The number of nitrogens with one attached hydrogen (secondary N) is 1. The van der Waals surface area contributed by atoms with Gasteiger partial charge in [0.25, 0.3) is 0 Å². The van der Waals surface area contributed by atoms with E-state index in [-0.39, 0.29) is 11.3 Å². The Morgan fingerprint density at radius 3 is 2.67 bits per heavy atom. The van der Waals surface area contributed by atoms with Crippen molar-refractivity contribution < 1.29 is 22.8 Å². The molecule has 30 heavy (non-hydrogen) atoms. The number of hydrogen-bond donors (Lipinski definition) is 2. The molecule has 2 aromatic rings. The zero-order chi connectivity index (χ0) is 21.1. The Morgan fingerprint density at radius 2 is 2.03 bits per heavy atom. The third-order valence-corrected chi connectivity index (χ3v) is 7.25. The van der Waals surface area contributed by atoms with Crippen molar-refractivity contribution in [3.8, 4) is 0 Å². The van der Waals surface area contributed by atoms with Gasteiger partial charge in [0.1, 0.15) is 0 Å². The second kappa shape index (κ2) is 6.82. The molecule has 1 aromatic carbocycles. The molecule has 0 radical (unpaired) electrons. The molecule has 0 aliphatic heterocycles. The molecule has 2 bridgehead atoms. The summed E-state index contributed by atoms with van der Waals surface area (Å²) in [7, 11) is 0. The van der Waals surface area contributed by atoms with Crippen LogP contribution in [0.5, 0.6) is 0 Å². The van der Waals surface area contributed by atoms with Crippen molar-refractivity contribution in [1.29, 1.82) is 0 Å². The molecular weight excluding hydrogens is 463 g/mol. The highest BCUT2D eigenvalue weighted by Gasteiger charge is 2.62. The van der Waals surface area contributed by atoms with Gasteiger partial charge in [-0.3, -0.25) is 0 Å². The highest BCUT2D eigenvalue weighted by molar-refractivity contribution is 9.10. The molecule has 0 atom stereocenters. The van der Waals surface area contributed by atoms with Crippen LogP contribution in [0.3, 0.4) is 0 Å². The van der Waals surface area contributed by atoms with Crippen molar-refractivity contribution in [2.45, 2.75) is 56.2 Å². The quantitative estimate of drug-likeness (QED) is 0.592. The van der Waals surface area contributed by atoms with Gasteiger partial charge in [0, 0.05) is 22.6 Å². The molecule has 0 amide bonds. The lowest BCUT2D eigenvalue weighted by molar-refractivity contribution is -0.292. The van der Waals surface area contributed by atoms with Crippen LogP contribution in [0.2, 0.25) is 0 Å². The largest absolute Gasteiger partial charge is 0.417 e. The van der Waals surface area contributed by atoms with Crippen molar-refractivity contribution in [3.63, 3.8) is 0 Å². The topological polar surface area (TPSA) is 71.2 Å². The van der Waals surface area contributed by atoms with Crippen molar-refractivity contribution >= 4 is 27.2 Å². The molecule has 0 unspecified atom stereocenters. The summed E-state index contributed by atoms with van der Waals surface area (Å²) >= 11 is 3.48. The monoisotopic (exact) mass is 483 g/mol. The molecule has 0 saturated heterocycles. The zero-order valence-corrected chi connectivity index (χ0v) is 17.7. The molecule has 4 aliphatic carbocycles. The van der Waals surface area contributed by atoms with Gasteiger partial charge in [0.15, 0.2) is 11.4 Å². The van der Waals surface area contributed by atoms with E-state index in [0.29, 0.717) is 5.82 Å². The second-order valence-electron chi connectivity index (χ2n) is 8.89. The summed E-state index contributed by atoms with van der Waals surface area (Å²) in [6.45, 7) is 0.899. The number of aliphatic hydroxyl groups is 1. The van der Waals surface area contributed by atoms with E-state index in [2.05, 4.69) is 37.5 Å². The molecule has 2 N–H and O–H groups in total. The third kappa shape index (κ3) is 3.36. The first kappa shape index (κ1) is 20.1. The van der Waals surface area contributed by atoms with Gasteiger partial charge in [0.05, 0.1) is 0 Å². The summed E-state index contributed by atoms with van der Waals surface area (Å²) in [6, 6.07) is 8.10. The van der Waals surface area contributed by atoms with E-state index in [1.165, 1.54) is 5.57 Å². The lowest BCUT2D eigenvalue weighted by atomic mass is 9.57. The van der Waals surface area contributed by atoms with E-state index in [9.17, 15) is 18.3 Å². The number of halogens is 4. The van der Waals surface area contributed by atoms with Gasteiger partial charge in [-0.05, 0) is 67.7 Å². The molecule has 160 valence electrons. The zero-order valence-electron chi connectivity index (χ0n) is 16.1. The van der Waals surface area contributed by atoms with E-state index in [4.69, 9.17) is 4.52 Å². The fourth-order valence-corrected chi connectivity index (χ4v) is 5.27. The van der Waals surface area contributed by atoms with Gasteiger partial charge in [-0.1, -0.05) is 32.7 Å². The Kier molecular flexibility index (Phi) is 4.56. The van der Waals surface area contributed by atoms with E-state index in [0.717, 1.165) is 48.0 Å². The number of hydrogen-bond acceptors (Lipinski definition) is 5. The van der Waals surface area contributed by atoms with Crippen LogP contribution < -0.4 is 5.32 Å². The molecule has 9 heteroatoms. The predicted octanol–water partition coefficient (Wildman–Crippen LogP) is 5.44. The minimum Gasteiger partial charge on any atom is -0.384 e. The summed E-state index contributed by atoms with van der Waals surface area (Å²) in [5.41, 5.74) is 1.08. The van der Waals surface area contributed by atoms with Crippen LogP contribution in [0, 0.1) is 5.41 Å². The van der Waals surface area contributed by atoms with Gasteiger partial charge in [-0.15, -0.1) is 0 Å². The fraction of sp³-hybridized carbons (Fsp3) is 0.524. The molecule has 2 saturated carbocycles. The SMILES string of the molecule is OC1(C(F)(F)F)CC(c2nc(C3=C4CC(CNc5cccc(Br)c5)(CC3)C4)no2)C1. The number of rotatable bonds is 5. The minimum atomic E-state index is -4.63. The van der Waals surface area contributed by atoms with Crippen molar-refractivity contribution in [2.24, 2.45) is 5.41 Å². The molecule has 5 nitrogen and oxygen atoms in total. The maximum Gasteiger partial charge on any atom is 0.417 e. The first-order valence-electron chi connectivity index (χ1n) is 10.00. The Hall–Kier alpha value is -1.87. The van der Waals surface area contributed by atoms with Crippen LogP contribution >= 0.6 is 15.9 Å². The third-order valence-electron chi connectivity index (χ3n) is 6.76. The highest BCUT2D eigenvalue weighted by atomic mass is 79.9. The maximum absolute atomic E-state index is 12.8. The Morgan fingerprint density at radius 1 is 1.27 bits per heavy atom. The first-order valence-corrected chi connectivity index (χ1v) is 10.8. The van der Waals surface area contributed by atoms with Crippen LogP contribution in [0.25, 0.3) is 5.57 Å². The van der Waals surface area contributed by atoms with Gasteiger partial charge in [-0.25, -0.2) is 0 Å². The summed E-state index contributed by atoms with van der Waals surface area (Å²) < 4.78 is 44.8. The molecular formula is C21H21BrF3N3O2. The number of fused-ring (bicyclic) bond motifs is 2. The normalized spacial score (nSPS) is 27.4. The first-order chi connectivity index (χ1) is 14.2. The van der Waals surface area contributed by atoms with Crippen molar-refractivity contribution in [2.75, 3.05) is 11.9 Å². The van der Waals surface area contributed by atoms with E-state index < -0.39 is 30.5 Å². The number of alkyl halides is 3. The van der Waals surface area contributed by atoms with Gasteiger partial charge < -0.3 is 14.9 Å². The number of anilines is 1. The molecule has 1 aromatic heterocycles. The smallest absolute Gasteiger partial charge is 0.384 e. The lowest BCUT2D eigenvalue weighted by Crippen LogP contribution is -2.54. The Bertz CT molecular complexity index is 1000. The summed E-state index contributed by atoms with van der Waals surface area (Å²) in [5.74, 6) is 0.150. The number of allylic oxidation sites excluding steroid dienone is 2. The average molecular weight is 484 g/mol.